The molecule has 2 aromatic heterocycles. The van der Waals surface area contributed by atoms with Crippen molar-refractivity contribution < 1.29 is 36.3 Å². The van der Waals surface area contributed by atoms with E-state index in [2.05, 4.69) is 9.46 Å². The molecule has 0 spiro atoms. The normalized spacial score (nSPS) is 11.3. The molecule has 0 aliphatic rings. The zero-order valence-electron chi connectivity index (χ0n) is 17.1. The van der Waals surface area contributed by atoms with Crippen molar-refractivity contribution in [3.63, 3.8) is 0 Å². The Morgan fingerprint density at radius 2 is 1.81 bits per heavy atom. The lowest BCUT2D eigenvalue weighted by molar-refractivity contribution is 0.0437. The van der Waals surface area contributed by atoms with E-state index in [0.717, 1.165) is 0 Å². The SMILES string of the molecule is COC(=O)c1oc(COC(=O)c2cc(S(=O)(=O)NCc3ccco3)ccc2C)cc1C. The first-order valence-electron chi connectivity index (χ1n) is 9.18. The number of sulfonamides is 1. The van der Waals surface area contributed by atoms with Crippen molar-refractivity contribution in [2.24, 2.45) is 0 Å². The zero-order chi connectivity index (χ0) is 22.6. The van der Waals surface area contributed by atoms with Gasteiger partial charge in [0.2, 0.25) is 15.8 Å². The number of aryl methyl sites for hydroxylation is 2. The molecular weight excluding hydrogens is 426 g/mol. The topological polar surface area (TPSA) is 125 Å². The van der Waals surface area contributed by atoms with Crippen molar-refractivity contribution in [2.45, 2.75) is 31.9 Å². The Morgan fingerprint density at radius 3 is 2.48 bits per heavy atom. The first-order valence-corrected chi connectivity index (χ1v) is 10.7. The Morgan fingerprint density at radius 1 is 1.03 bits per heavy atom. The number of methoxy groups -OCH3 is 1. The summed E-state index contributed by atoms with van der Waals surface area (Å²) in [6.45, 7) is 3.07. The van der Waals surface area contributed by atoms with Crippen molar-refractivity contribution in [1.29, 1.82) is 0 Å². The number of hydrogen-bond acceptors (Lipinski definition) is 8. The van der Waals surface area contributed by atoms with Crippen molar-refractivity contribution in [2.75, 3.05) is 7.11 Å². The largest absolute Gasteiger partial charge is 0.468 e. The Balaban J connectivity index is 1.72. The second-order valence-corrected chi connectivity index (χ2v) is 8.44. The van der Waals surface area contributed by atoms with Crippen LogP contribution in [0.5, 0.6) is 0 Å². The fourth-order valence-corrected chi connectivity index (χ4v) is 3.80. The average molecular weight is 447 g/mol. The van der Waals surface area contributed by atoms with E-state index in [1.54, 1.807) is 32.0 Å². The lowest BCUT2D eigenvalue weighted by atomic mass is 10.1. The minimum atomic E-state index is -3.88. The smallest absolute Gasteiger partial charge is 0.374 e. The maximum Gasteiger partial charge on any atom is 0.374 e. The average Bonchev–Trinajstić information content (AvgIpc) is 3.39. The standard InChI is InChI=1S/C21H21NO8S/c1-13-6-7-17(31(25,26)22-11-15-5-4-8-28-15)10-18(13)20(23)29-12-16-9-14(2)19(30-16)21(24)27-3/h4-10,22H,11-12H2,1-3H3. The summed E-state index contributed by atoms with van der Waals surface area (Å²) in [5.74, 6) is -0.622. The number of hydrogen-bond donors (Lipinski definition) is 1. The molecule has 164 valence electrons. The molecule has 0 bridgehead atoms. The summed E-state index contributed by atoms with van der Waals surface area (Å²) in [6, 6.07) is 9.02. The summed E-state index contributed by atoms with van der Waals surface area (Å²) < 4.78 is 47.9. The van der Waals surface area contributed by atoms with E-state index in [1.165, 1.54) is 31.6 Å². The summed E-state index contributed by atoms with van der Waals surface area (Å²) in [6.07, 6.45) is 1.44. The summed E-state index contributed by atoms with van der Waals surface area (Å²) >= 11 is 0. The molecule has 1 aromatic carbocycles. The number of carbonyl (C=O) groups excluding carboxylic acids is 2. The predicted molar refractivity (Wildman–Crippen MR) is 108 cm³/mol. The zero-order valence-corrected chi connectivity index (χ0v) is 17.9. The van der Waals surface area contributed by atoms with Gasteiger partial charge in [0.05, 0.1) is 30.4 Å². The Hall–Kier alpha value is -3.37. The van der Waals surface area contributed by atoms with Gasteiger partial charge in [-0.1, -0.05) is 6.07 Å². The highest BCUT2D eigenvalue weighted by atomic mass is 32.2. The lowest BCUT2D eigenvalue weighted by Gasteiger charge is -2.10. The van der Waals surface area contributed by atoms with Crippen LogP contribution in [0, 0.1) is 13.8 Å². The van der Waals surface area contributed by atoms with Gasteiger partial charge in [-0.25, -0.2) is 22.7 Å². The third-order valence-corrected chi connectivity index (χ3v) is 5.84. The molecule has 2 heterocycles. The highest BCUT2D eigenvalue weighted by molar-refractivity contribution is 7.89. The molecule has 9 nitrogen and oxygen atoms in total. The second-order valence-electron chi connectivity index (χ2n) is 6.67. The fourth-order valence-electron chi connectivity index (χ4n) is 2.78. The van der Waals surface area contributed by atoms with Gasteiger partial charge >= 0.3 is 11.9 Å². The Bertz CT molecular complexity index is 1190. The molecule has 10 heteroatoms. The molecule has 0 saturated heterocycles. The van der Waals surface area contributed by atoms with Crippen LogP contribution in [0.1, 0.15) is 43.6 Å². The van der Waals surface area contributed by atoms with E-state index >= 15 is 0 Å². The summed E-state index contributed by atoms with van der Waals surface area (Å²) in [5, 5.41) is 0. The Kier molecular flexibility index (Phi) is 6.62. The van der Waals surface area contributed by atoms with Crippen LogP contribution in [0.2, 0.25) is 0 Å². The molecule has 1 N–H and O–H groups in total. The van der Waals surface area contributed by atoms with Crippen LogP contribution in [-0.4, -0.2) is 27.5 Å². The van der Waals surface area contributed by atoms with Gasteiger partial charge in [-0.05, 0) is 49.7 Å². The Labute approximate surface area is 179 Å². The van der Waals surface area contributed by atoms with E-state index in [-0.39, 0.29) is 35.1 Å². The first-order chi connectivity index (χ1) is 14.7. The monoisotopic (exact) mass is 447 g/mol. The van der Waals surface area contributed by atoms with Crippen molar-refractivity contribution in [3.8, 4) is 0 Å². The van der Waals surface area contributed by atoms with Crippen LogP contribution >= 0.6 is 0 Å². The highest BCUT2D eigenvalue weighted by Crippen LogP contribution is 2.20. The lowest BCUT2D eigenvalue weighted by Crippen LogP contribution is -2.23. The van der Waals surface area contributed by atoms with Gasteiger partial charge in [-0.15, -0.1) is 0 Å². The predicted octanol–water partition coefficient (Wildman–Crippen LogP) is 3.11. The van der Waals surface area contributed by atoms with Gasteiger partial charge < -0.3 is 18.3 Å². The van der Waals surface area contributed by atoms with Crippen molar-refractivity contribution >= 4 is 22.0 Å². The van der Waals surface area contributed by atoms with E-state index in [0.29, 0.717) is 16.9 Å². The number of benzene rings is 1. The molecular formula is C21H21NO8S. The number of nitrogens with one attached hydrogen (secondary N) is 1. The van der Waals surface area contributed by atoms with Crippen LogP contribution in [0.3, 0.4) is 0 Å². The third-order valence-electron chi connectivity index (χ3n) is 4.44. The molecule has 0 fully saturated rings. The summed E-state index contributed by atoms with van der Waals surface area (Å²) in [4.78, 5) is 24.1. The quantitative estimate of drug-likeness (QED) is 0.522. The minimum absolute atomic E-state index is 0.0244. The number of rotatable bonds is 8. The number of carbonyl (C=O) groups is 2. The van der Waals surface area contributed by atoms with E-state index in [9.17, 15) is 18.0 Å². The third kappa shape index (κ3) is 5.22. The molecule has 0 unspecified atom stereocenters. The van der Waals surface area contributed by atoms with Gasteiger partial charge in [0.15, 0.2) is 0 Å². The molecule has 0 aliphatic heterocycles. The van der Waals surface area contributed by atoms with Crippen molar-refractivity contribution in [3.05, 3.63) is 76.6 Å². The van der Waals surface area contributed by atoms with E-state index in [1.807, 2.05) is 0 Å². The molecule has 0 radical (unpaired) electrons. The second kappa shape index (κ2) is 9.19. The van der Waals surface area contributed by atoms with Crippen LogP contribution in [0.4, 0.5) is 0 Å². The van der Waals surface area contributed by atoms with Crippen LogP contribution in [-0.2, 0) is 32.6 Å². The number of esters is 2. The van der Waals surface area contributed by atoms with E-state index < -0.39 is 22.0 Å². The van der Waals surface area contributed by atoms with Gasteiger partial charge in [0.25, 0.3) is 0 Å². The van der Waals surface area contributed by atoms with Crippen LogP contribution in [0.25, 0.3) is 0 Å². The molecule has 0 atom stereocenters. The maximum atomic E-state index is 12.6. The number of furan rings is 2. The highest BCUT2D eigenvalue weighted by Gasteiger charge is 2.21. The maximum absolute atomic E-state index is 12.6. The van der Waals surface area contributed by atoms with Gasteiger partial charge in [0.1, 0.15) is 18.1 Å². The van der Waals surface area contributed by atoms with Gasteiger partial charge in [0, 0.05) is 5.56 Å². The molecule has 3 aromatic rings. The summed E-state index contributed by atoms with van der Waals surface area (Å²) in [7, 11) is -2.65. The van der Waals surface area contributed by atoms with Gasteiger partial charge in [-0.2, -0.15) is 0 Å². The van der Waals surface area contributed by atoms with Crippen LogP contribution < -0.4 is 4.72 Å². The molecule has 0 saturated carbocycles. The van der Waals surface area contributed by atoms with Crippen molar-refractivity contribution in [1.82, 2.24) is 4.72 Å². The summed E-state index contributed by atoms with van der Waals surface area (Å²) in [5.41, 5.74) is 1.18. The molecule has 0 amide bonds. The molecule has 0 aliphatic carbocycles. The van der Waals surface area contributed by atoms with Gasteiger partial charge in [-0.3, -0.25) is 0 Å². The van der Waals surface area contributed by atoms with E-state index in [4.69, 9.17) is 13.6 Å². The first kappa shape index (κ1) is 22.3. The minimum Gasteiger partial charge on any atom is -0.468 e. The number of ether oxygens (including phenoxy) is 2. The molecule has 3 rings (SSSR count). The fraction of sp³-hybridized carbons (Fsp3) is 0.238. The van der Waals surface area contributed by atoms with Crippen LogP contribution in [0.15, 0.2) is 56.4 Å². The molecule has 31 heavy (non-hydrogen) atoms.